The summed E-state index contributed by atoms with van der Waals surface area (Å²) in [5.74, 6) is 0.665. The number of nitrogens with zero attached hydrogens (tertiary/aromatic N) is 4. The van der Waals surface area contributed by atoms with Crippen LogP contribution >= 0.6 is 0 Å². The molecule has 7 heteroatoms. The van der Waals surface area contributed by atoms with E-state index in [2.05, 4.69) is 21.8 Å². The van der Waals surface area contributed by atoms with Crippen molar-refractivity contribution in [3.8, 4) is 0 Å². The quantitative estimate of drug-likeness (QED) is 0.858. The Hall–Kier alpha value is -2.15. The summed E-state index contributed by atoms with van der Waals surface area (Å²) >= 11 is 0. The molecule has 4 heterocycles. The molecule has 2 aromatic heterocycles. The number of ether oxygens (including phenoxy) is 1. The highest BCUT2D eigenvalue weighted by molar-refractivity contribution is 5.71. The van der Waals surface area contributed by atoms with Crippen LogP contribution in [-0.2, 0) is 11.3 Å². The molecule has 4 rings (SSSR count). The van der Waals surface area contributed by atoms with Crippen LogP contribution in [0.15, 0.2) is 22.7 Å². The minimum absolute atomic E-state index is 0.187. The number of rotatable bonds is 3. The zero-order valence-corrected chi connectivity index (χ0v) is 12.5. The Labute approximate surface area is 127 Å². The predicted octanol–water partition coefficient (Wildman–Crippen LogP) is 1.64. The Balaban J connectivity index is 1.53. The van der Waals surface area contributed by atoms with Crippen molar-refractivity contribution in [3.05, 3.63) is 24.2 Å². The summed E-state index contributed by atoms with van der Waals surface area (Å²) in [5, 5.41) is 0. The molecule has 1 amide bonds. The lowest BCUT2D eigenvalue weighted by Gasteiger charge is -2.43. The van der Waals surface area contributed by atoms with E-state index in [1.165, 1.54) is 0 Å². The number of aromatic nitrogens is 2. The van der Waals surface area contributed by atoms with Crippen molar-refractivity contribution in [3.63, 3.8) is 0 Å². The summed E-state index contributed by atoms with van der Waals surface area (Å²) in [6.07, 6.45) is 2.40. The van der Waals surface area contributed by atoms with E-state index in [9.17, 15) is 4.79 Å². The van der Waals surface area contributed by atoms with Gasteiger partial charge in [0.05, 0.1) is 12.1 Å². The summed E-state index contributed by atoms with van der Waals surface area (Å²) in [6.45, 7) is 5.45. The standard InChI is InChI=1S/C15H18N4O3/c1-2-15-9-18(6-7-19(15)14(20)21-10-15)8-12-17-13-11(22-12)4-3-5-16-13/h3-5H,2,6-10H2,1H3. The van der Waals surface area contributed by atoms with Crippen molar-refractivity contribution in [2.24, 2.45) is 0 Å². The normalized spacial score (nSPS) is 25.5. The first-order chi connectivity index (χ1) is 10.7. The Bertz CT molecular complexity index is 683. The highest BCUT2D eigenvalue weighted by Crippen LogP contribution is 2.32. The van der Waals surface area contributed by atoms with Gasteiger partial charge in [0.15, 0.2) is 11.2 Å². The van der Waals surface area contributed by atoms with Gasteiger partial charge in [-0.2, -0.15) is 4.98 Å². The topological polar surface area (TPSA) is 71.7 Å². The largest absolute Gasteiger partial charge is 0.447 e. The second-order valence-electron chi connectivity index (χ2n) is 5.93. The molecular formula is C15H18N4O3. The third-order valence-electron chi connectivity index (χ3n) is 4.64. The van der Waals surface area contributed by atoms with E-state index >= 15 is 0 Å². The molecule has 1 atom stereocenters. The maximum atomic E-state index is 11.8. The lowest BCUT2D eigenvalue weighted by Crippen LogP contribution is -2.60. The smallest absolute Gasteiger partial charge is 0.410 e. The van der Waals surface area contributed by atoms with Crippen LogP contribution in [0.25, 0.3) is 11.2 Å². The van der Waals surface area contributed by atoms with Crippen molar-refractivity contribution >= 4 is 17.3 Å². The average Bonchev–Trinajstić information content (AvgIpc) is 3.08. The van der Waals surface area contributed by atoms with Crippen LogP contribution in [0, 0.1) is 0 Å². The van der Waals surface area contributed by atoms with Gasteiger partial charge in [-0.1, -0.05) is 6.92 Å². The zero-order valence-electron chi connectivity index (χ0n) is 12.5. The Kier molecular flexibility index (Phi) is 3.04. The van der Waals surface area contributed by atoms with Crippen molar-refractivity contribution in [2.75, 3.05) is 26.2 Å². The number of hydrogen-bond acceptors (Lipinski definition) is 6. The Morgan fingerprint density at radius 2 is 2.32 bits per heavy atom. The molecule has 0 aromatic carbocycles. The molecule has 0 spiro atoms. The van der Waals surface area contributed by atoms with Crippen molar-refractivity contribution in [2.45, 2.75) is 25.4 Å². The summed E-state index contributed by atoms with van der Waals surface area (Å²) < 4.78 is 11.0. The van der Waals surface area contributed by atoms with Crippen molar-refractivity contribution < 1.29 is 13.9 Å². The highest BCUT2D eigenvalue weighted by Gasteiger charge is 2.49. The molecule has 22 heavy (non-hydrogen) atoms. The first-order valence-corrected chi connectivity index (χ1v) is 7.57. The third kappa shape index (κ3) is 2.04. The Morgan fingerprint density at radius 3 is 3.14 bits per heavy atom. The van der Waals surface area contributed by atoms with E-state index in [1.54, 1.807) is 6.20 Å². The fourth-order valence-electron chi connectivity index (χ4n) is 3.35. The maximum Gasteiger partial charge on any atom is 0.410 e. The minimum atomic E-state index is -0.209. The second-order valence-corrected chi connectivity index (χ2v) is 5.93. The van der Waals surface area contributed by atoms with Gasteiger partial charge in [-0.15, -0.1) is 0 Å². The van der Waals surface area contributed by atoms with Gasteiger partial charge in [-0.3, -0.25) is 9.80 Å². The van der Waals surface area contributed by atoms with Gasteiger partial charge in [-0.25, -0.2) is 9.78 Å². The van der Waals surface area contributed by atoms with E-state index in [0.717, 1.165) is 19.5 Å². The SMILES string of the molecule is CCC12COC(=O)N1CCN(Cc1nc3ncccc3o1)C2. The van der Waals surface area contributed by atoms with Crippen LogP contribution in [0.3, 0.4) is 0 Å². The first-order valence-electron chi connectivity index (χ1n) is 7.57. The van der Waals surface area contributed by atoms with Crippen LogP contribution in [0.4, 0.5) is 4.79 Å². The lowest BCUT2D eigenvalue weighted by molar-refractivity contribution is 0.0410. The zero-order chi connectivity index (χ0) is 15.2. The molecule has 0 saturated carbocycles. The molecule has 2 aliphatic rings. The fourth-order valence-corrected chi connectivity index (χ4v) is 3.35. The highest BCUT2D eigenvalue weighted by atomic mass is 16.6. The average molecular weight is 302 g/mol. The number of fused-ring (bicyclic) bond motifs is 2. The number of hydrogen-bond donors (Lipinski definition) is 0. The maximum absolute atomic E-state index is 11.8. The summed E-state index contributed by atoms with van der Waals surface area (Å²) in [5.41, 5.74) is 1.14. The molecular weight excluding hydrogens is 284 g/mol. The summed E-state index contributed by atoms with van der Waals surface area (Å²) in [7, 11) is 0. The summed E-state index contributed by atoms with van der Waals surface area (Å²) in [4.78, 5) is 24.6. The molecule has 7 nitrogen and oxygen atoms in total. The minimum Gasteiger partial charge on any atom is -0.447 e. The molecule has 0 N–H and O–H groups in total. The van der Waals surface area contributed by atoms with Crippen molar-refractivity contribution in [1.29, 1.82) is 0 Å². The fraction of sp³-hybridized carbons (Fsp3) is 0.533. The van der Waals surface area contributed by atoms with Crippen LogP contribution < -0.4 is 0 Å². The van der Waals surface area contributed by atoms with Crippen LogP contribution in [-0.4, -0.2) is 57.6 Å². The first kappa shape index (κ1) is 13.5. The lowest BCUT2D eigenvalue weighted by atomic mass is 9.93. The number of carbonyl (C=O) groups excluding carboxylic acids is 1. The van der Waals surface area contributed by atoms with Gasteiger partial charge >= 0.3 is 6.09 Å². The van der Waals surface area contributed by atoms with Gasteiger partial charge < -0.3 is 9.15 Å². The molecule has 0 bridgehead atoms. The number of oxazole rings is 1. The number of piperazine rings is 1. The number of cyclic esters (lactones) is 1. The molecule has 116 valence electrons. The van der Waals surface area contributed by atoms with Gasteiger partial charge in [0.2, 0.25) is 5.89 Å². The van der Waals surface area contributed by atoms with Crippen LogP contribution in [0.5, 0.6) is 0 Å². The Morgan fingerprint density at radius 1 is 1.41 bits per heavy atom. The molecule has 2 saturated heterocycles. The van der Waals surface area contributed by atoms with Crippen molar-refractivity contribution in [1.82, 2.24) is 19.8 Å². The van der Waals surface area contributed by atoms with Crippen LogP contribution in [0.2, 0.25) is 0 Å². The molecule has 0 aliphatic carbocycles. The second kappa shape index (κ2) is 4.95. The summed E-state index contributed by atoms with van der Waals surface area (Å²) in [6, 6.07) is 3.71. The van der Waals surface area contributed by atoms with E-state index in [1.807, 2.05) is 17.0 Å². The molecule has 1 unspecified atom stereocenters. The third-order valence-corrected chi connectivity index (χ3v) is 4.64. The van der Waals surface area contributed by atoms with Gasteiger partial charge in [-0.05, 0) is 18.6 Å². The van der Waals surface area contributed by atoms with Crippen LogP contribution in [0.1, 0.15) is 19.2 Å². The molecule has 0 radical (unpaired) electrons. The van der Waals surface area contributed by atoms with E-state index in [-0.39, 0.29) is 11.6 Å². The monoisotopic (exact) mass is 302 g/mol. The van der Waals surface area contributed by atoms with E-state index in [4.69, 9.17) is 9.15 Å². The van der Waals surface area contributed by atoms with E-state index in [0.29, 0.717) is 36.8 Å². The van der Waals surface area contributed by atoms with Gasteiger partial charge in [0, 0.05) is 25.8 Å². The van der Waals surface area contributed by atoms with Gasteiger partial charge in [0.25, 0.3) is 0 Å². The molecule has 2 aromatic rings. The molecule has 2 aliphatic heterocycles. The van der Waals surface area contributed by atoms with Gasteiger partial charge in [0.1, 0.15) is 6.61 Å². The number of carbonyl (C=O) groups is 1. The van der Waals surface area contributed by atoms with E-state index < -0.39 is 0 Å². The predicted molar refractivity (Wildman–Crippen MR) is 78.2 cm³/mol. The number of amides is 1. The number of pyridine rings is 1. The molecule has 2 fully saturated rings.